The monoisotopic (exact) mass is 477 g/mol. The molecule has 0 N–H and O–H groups in total. The highest BCUT2D eigenvalue weighted by Gasteiger charge is 2.41. The van der Waals surface area contributed by atoms with Crippen LogP contribution in [0.4, 0.5) is 19.7 Å². The van der Waals surface area contributed by atoms with E-state index in [1.54, 1.807) is 0 Å². The van der Waals surface area contributed by atoms with Gasteiger partial charge < -0.3 is 14.2 Å². The fourth-order valence-electron chi connectivity index (χ4n) is 2.53. The van der Waals surface area contributed by atoms with Crippen molar-refractivity contribution in [2.75, 3.05) is 32.7 Å². The van der Waals surface area contributed by atoms with Crippen LogP contribution in [0.1, 0.15) is 13.3 Å². The molecule has 1 heterocycles. The van der Waals surface area contributed by atoms with Gasteiger partial charge in [0.2, 0.25) is 0 Å². The van der Waals surface area contributed by atoms with Gasteiger partial charge in [-0.05, 0) is 13.0 Å². The van der Waals surface area contributed by atoms with Gasteiger partial charge in [0.15, 0.2) is 11.6 Å². The average molecular weight is 478 g/mol. The van der Waals surface area contributed by atoms with Crippen molar-refractivity contribution in [2.45, 2.75) is 24.9 Å². The second-order valence-corrected chi connectivity index (χ2v) is 7.33. The van der Waals surface area contributed by atoms with Gasteiger partial charge in [-0.25, -0.2) is 23.7 Å². The minimum absolute atomic E-state index is 0.136. The van der Waals surface area contributed by atoms with E-state index in [0.717, 1.165) is 21.9 Å². The Bertz CT molecular complexity index is 881. The summed E-state index contributed by atoms with van der Waals surface area (Å²) in [6.45, 7) is 1.13. The quantitative estimate of drug-likeness (QED) is 0.475. The van der Waals surface area contributed by atoms with Crippen molar-refractivity contribution in [3.8, 4) is 5.75 Å². The minimum atomic E-state index is -1.19. The molecule has 2 rings (SSSR count). The zero-order valence-electron chi connectivity index (χ0n) is 17.1. The van der Waals surface area contributed by atoms with Crippen molar-refractivity contribution in [2.24, 2.45) is 0 Å². The fraction of sp³-hybridized carbons (Fsp3) is 0.444. The molecule has 0 spiro atoms. The Morgan fingerprint density at radius 3 is 2.35 bits per heavy atom. The number of urea groups is 2. The van der Waals surface area contributed by atoms with E-state index in [0.29, 0.717) is 4.90 Å². The lowest BCUT2D eigenvalue weighted by Gasteiger charge is -2.41. The van der Waals surface area contributed by atoms with Crippen LogP contribution in [0.25, 0.3) is 0 Å². The van der Waals surface area contributed by atoms with E-state index in [1.165, 1.54) is 28.1 Å². The lowest BCUT2D eigenvalue weighted by molar-refractivity contribution is -0.153. The first-order valence-electron chi connectivity index (χ1n) is 8.90. The van der Waals surface area contributed by atoms with E-state index >= 15 is 0 Å². The maximum absolute atomic E-state index is 14.6. The molecule has 1 unspecified atom stereocenters. The smallest absolute Gasteiger partial charge is 0.347 e. The lowest BCUT2D eigenvalue weighted by Crippen LogP contribution is -2.62. The van der Waals surface area contributed by atoms with Crippen LogP contribution in [0, 0.1) is 5.82 Å². The normalized spacial score (nSPS) is 15.8. The lowest BCUT2D eigenvalue weighted by atomic mass is 10.2. The maximum atomic E-state index is 14.6. The second kappa shape index (κ2) is 10.1. The molecule has 1 aromatic rings. The number of rotatable bonds is 7. The van der Waals surface area contributed by atoms with Crippen molar-refractivity contribution < 1.29 is 37.8 Å². The van der Waals surface area contributed by atoms with Crippen LogP contribution in [-0.2, 0) is 19.1 Å². The SMILES string of the molecule is COC(=O)CCOC(=O)C(C)Oc1cc(N2C(=O)N(C)C(S)N(C)C2=O)c(F)cc1Cl. The van der Waals surface area contributed by atoms with E-state index < -0.39 is 47.1 Å². The Labute approximate surface area is 188 Å². The Balaban J connectivity index is 2.23. The molecular weight excluding hydrogens is 457 g/mol. The third kappa shape index (κ3) is 5.31. The van der Waals surface area contributed by atoms with Gasteiger partial charge in [0.05, 0.1) is 24.2 Å². The van der Waals surface area contributed by atoms with Crippen molar-refractivity contribution in [1.82, 2.24) is 9.80 Å². The van der Waals surface area contributed by atoms with E-state index in [2.05, 4.69) is 17.4 Å². The molecule has 13 heteroatoms. The van der Waals surface area contributed by atoms with Crippen LogP contribution >= 0.6 is 24.2 Å². The molecule has 1 aliphatic heterocycles. The zero-order valence-corrected chi connectivity index (χ0v) is 18.8. The van der Waals surface area contributed by atoms with Gasteiger partial charge in [0, 0.05) is 20.2 Å². The van der Waals surface area contributed by atoms with E-state index in [1.807, 2.05) is 0 Å². The summed E-state index contributed by atoms with van der Waals surface area (Å²) in [6.07, 6.45) is -1.32. The molecule has 0 radical (unpaired) electrons. The Kier molecular flexibility index (Phi) is 7.96. The van der Waals surface area contributed by atoms with Gasteiger partial charge in [-0.1, -0.05) is 11.6 Å². The summed E-state index contributed by atoms with van der Waals surface area (Å²) >= 11 is 10.2. The number of ether oxygens (including phenoxy) is 3. The number of anilines is 1. The van der Waals surface area contributed by atoms with Gasteiger partial charge in [-0.3, -0.25) is 14.6 Å². The first-order valence-corrected chi connectivity index (χ1v) is 9.80. The van der Waals surface area contributed by atoms with Crippen LogP contribution in [0.15, 0.2) is 12.1 Å². The summed E-state index contributed by atoms with van der Waals surface area (Å²) in [7, 11) is 3.99. The molecular formula is C18H21ClFN3O7S. The molecule has 0 saturated carbocycles. The molecule has 1 atom stereocenters. The number of hydrogen-bond donors (Lipinski definition) is 1. The average Bonchev–Trinajstić information content (AvgIpc) is 2.73. The molecule has 0 bridgehead atoms. The number of amides is 4. The van der Waals surface area contributed by atoms with Gasteiger partial charge in [-0.15, -0.1) is 12.6 Å². The first-order chi connectivity index (χ1) is 14.5. The number of benzene rings is 1. The molecule has 1 aliphatic rings. The van der Waals surface area contributed by atoms with Crippen molar-refractivity contribution in [1.29, 1.82) is 0 Å². The summed E-state index contributed by atoms with van der Waals surface area (Å²) in [5.74, 6) is -2.48. The largest absolute Gasteiger partial charge is 0.477 e. The molecule has 0 aliphatic carbocycles. The number of methoxy groups -OCH3 is 1. The van der Waals surface area contributed by atoms with Crippen molar-refractivity contribution >= 4 is 53.9 Å². The topological polar surface area (TPSA) is 106 Å². The van der Waals surface area contributed by atoms with Crippen LogP contribution in [0.2, 0.25) is 5.02 Å². The number of esters is 2. The molecule has 31 heavy (non-hydrogen) atoms. The number of halogens is 2. The Hall–Kier alpha value is -2.73. The molecule has 10 nitrogen and oxygen atoms in total. The Morgan fingerprint density at radius 2 is 1.81 bits per heavy atom. The second-order valence-electron chi connectivity index (χ2n) is 6.46. The summed E-state index contributed by atoms with van der Waals surface area (Å²) in [6, 6.07) is 0.261. The molecule has 1 aromatic carbocycles. The molecule has 1 fully saturated rings. The van der Waals surface area contributed by atoms with Crippen LogP contribution in [-0.4, -0.2) is 73.2 Å². The highest BCUT2D eigenvalue weighted by Crippen LogP contribution is 2.35. The number of imide groups is 1. The minimum Gasteiger partial charge on any atom is -0.477 e. The van der Waals surface area contributed by atoms with E-state index in [-0.39, 0.29) is 23.8 Å². The predicted octanol–water partition coefficient (Wildman–Crippen LogP) is 2.49. The number of thiol groups is 1. The molecule has 4 amide bonds. The van der Waals surface area contributed by atoms with Crippen molar-refractivity contribution in [3.05, 3.63) is 23.0 Å². The first kappa shape index (κ1) is 24.5. The predicted molar refractivity (Wildman–Crippen MR) is 111 cm³/mol. The number of carbonyl (C=O) groups excluding carboxylic acids is 4. The van der Waals surface area contributed by atoms with Gasteiger partial charge in [0.1, 0.15) is 18.2 Å². The van der Waals surface area contributed by atoms with Gasteiger partial charge in [0.25, 0.3) is 0 Å². The number of nitrogens with zero attached hydrogens (tertiary/aromatic N) is 3. The van der Waals surface area contributed by atoms with Crippen molar-refractivity contribution in [3.63, 3.8) is 0 Å². The van der Waals surface area contributed by atoms with Crippen LogP contribution in [0.5, 0.6) is 5.75 Å². The highest BCUT2D eigenvalue weighted by atomic mass is 35.5. The van der Waals surface area contributed by atoms with Gasteiger partial charge in [-0.2, -0.15) is 0 Å². The van der Waals surface area contributed by atoms with Crippen LogP contribution < -0.4 is 9.64 Å². The number of carbonyl (C=O) groups is 4. The van der Waals surface area contributed by atoms with Crippen LogP contribution in [0.3, 0.4) is 0 Å². The van der Waals surface area contributed by atoms with Gasteiger partial charge >= 0.3 is 24.0 Å². The fourth-order valence-corrected chi connectivity index (χ4v) is 2.93. The highest BCUT2D eigenvalue weighted by molar-refractivity contribution is 7.80. The summed E-state index contributed by atoms with van der Waals surface area (Å²) in [5, 5.41) is -0.193. The summed E-state index contributed by atoms with van der Waals surface area (Å²) in [5.41, 5.74) is -1.25. The Morgan fingerprint density at radius 1 is 1.23 bits per heavy atom. The maximum Gasteiger partial charge on any atom is 0.347 e. The molecule has 1 saturated heterocycles. The number of hydrogen-bond acceptors (Lipinski definition) is 8. The third-order valence-electron chi connectivity index (χ3n) is 4.33. The molecule has 0 aromatic heterocycles. The summed E-state index contributed by atoms with van der Waals surface area (Å²) < 4.78 is 29.4. The third-order valence-corrected chi connectivity index (χ3v) is 5.32. The molecule has 170 valence electrons. The zero-order chi connectivity index (χ0) is 23.5. The van der Waals surface area contributed by atoms with E-state index in [9.17, 15) is 23.6 Å². The standard InChI is InChI=1S/C18H21ClFN3O7S/c1-9(15(25)29-6-5-14(24)28-4)30-13-8-12(11(20)7-10(13)19)23-16(26)21(2)18(31)22(3)17(23)27/h7-9,18,31H,5-6H2,1-4H3. The van der Waals surface area contributed by atoms with E-state index in [4.69, 9.17) is 21.1 Å². The summed E-state index contributed by atoms with van der Waals surface area (Å²) in [4.78, 5) is 51.1.